The summed E-state index contributed by atoms with van der Waals surface area (Å²) in [4.78, 5) is 5.15. The van der Waals surface area contributed by atoms with E-state index in [9.17, 15) is 5.11 Å². The average Bonchev–Trinajstić information content (AvgIpc) is 3.11. The topological polar surface area (TPSA) is 37.5 Å². The Morgan fingerprint density at radius 2 is 1.96 bits per heavy atom. The first-order chi connectivity index (χ1) is 12.0. The van der Waals surface area contributed by atoms with Crippen LogP contribution < -0.4 is 0 Å². The number of aromatic hydroxyl groups is 1. The Morgan fingerprint density at radius 3 is 2.76 bits per heavy atom. The van der Waals surface area contributed by atoms with E-state index < -0.39 is 0 Å². The fourth-order valence-electron chi connectivity index (χ4n) is 3.04. The second-order valence-corrected chi connectivity index (χ2v) is 7.73. The highest BCUT2D eigenvalue weighted by Gasteiger charge is 2.16. The van der Waals surface area contributed by atoms with E-state index in [4.69, 9.17) is 12.2 Å². The van der Waals surface area contributed by atoms with E-state index in [1.807, 2.05) is 55.6 Å². The molecule has 2 aromatic carbocycles. The van der Waals surface area contributed by atoms with E-state index >= 15 is 0 Å². The first kappa shape index (κ1) is 16.0. The van der Waals surface area contributed by atoms with Gasteiger partial charge in [-0.15, -0.1) is 11.3 Å². The Labute approximate surface area is 155 Å². The van der Waals surface area contributed by atoms with Crippen molar-refractivity contribution in [3.63, 3.8) is 0 Å². The summed E-state index contributed by atoms with van der Waals surface area (Å²) in [5.41, 5.74) is 6.18. The first-order valence-corrected chi connectivity index (χ1v) is 9.14. The zero-order chi connectivity index (χ0) is 17.6. The number of aryl methyl sites for hydroxylation is 2. The van der Waals surface area contributed by atoms with Crippen molar-refractivity contribution in [2.75, 3.05) is 0 Å². The van der Waals surface area contributed by atoms with Gasteiger partial charge in [-0.1, -0.05) is 35.9 Å². The van der Waals surface area contributed by atoms with Gasteiger partial charge in [0.15, 0.2) is 3.95 Å². The fourth-order valence-corrected chi connectivity index (χ4v) is 4.33. The lowest BCUT2D eigenvalue weighted by atomic mass is 10.1. The summed E-state index contributed by atoms with van der Waals surface area (Å²) >= 11 is 6.91. The van der Waals surface area contributed by atoms with Crippen LogP contribution in [-0.2, 0) is 0 Å². The third-order valence-corrected chi connectivity index (χ3v) is 5.56. The molecule has 3 aromatic rings. The Hall–Kier alpha value is -2.50. The molecule has 0 aliphatic carbocycles. The van der Waals surface area contributed by atoms with E-state index in [-0.39, 0.29) is 5.88 Å². The van der Waals surface area contributed by atoms with Gasteiger partial charge in [0, 0.05) is 17.4 Å². The van der Waals surface area contributed by atoms with Crippen molar-refractivity contribution in [2.24, 2.45) is 4.99 Å². The molecule has 1 aliphatic rings. The van der Waals surface area contributed by atoms with Gasteiger partial charge >= 0.3 is 0 Å². The molecule has 0 amide bonds. The van der Waals surface area contributed by atoms with Crippen LogP contribution in [0.15, 0.2) is 47.5 Å². The molecule has 0 bridgehead atoms. The summed E-state index contributed by atoms with van der Waals surface area (Å²) in [6.45, 7) is 4.08. The third kappa shape index (κ3) is 2.75. The zero-order valence-corrected chi connectivity index (χ0v) is 15.5. The molecule has 25 heavy (non-hydrogen) atoms. The quantitative estimate of drug-likeness (QED) is 0.579. The monoisotopic (exact) mass is 364 g/mol. The van der Waals surface area contributed by atoms with Gasteiger partial charge < -0.3 is 5.11 Å². The second kappa shape index (κ2) is 6.10. The molecule has 0 unspecified atom stereocenters. The van der Waals surface area contributed by atoms with Crippen LogP contribution in [0.3, 0.4) is 0 Å². The van der Waals surface area contributed by atoms with Crippen LogP contribution in [0, 0.1) is 17.8 Å². The Bertz CT molecular complexity index is 1100. The van der Waals surface area contributed by atoms with Gasteiger partial charge in [0.2, 0.25) is 5.88 Å². The minimum Gasteiger partial charge on any atom is -0.493 e. The predicted molar refractivity (Wildman–Crippen MR) is 108 cm³/mol. The third-order valence-electron chi connectivity index (χ3n) is 4.25. The number of aromatic nitrogens is 1. The summed E-state index contributed by atoms with van der Waals surface area (Å²) < 4.78 is 2.36. The van der Waals surface area contributed by atoms with E-state index in [2.05, 4.69) is 18.0 Å². The Balaban J connectivity index is 1.83. The fraction of sp³-hybridized carbons (Fsp3) is 0.100. The van der Waals surface area contributed by atoms with Crippen LogP contribution in [0.25, 0.3) is 17.3 Å². The van der Waals surface area contributed by atoms with E-state index in [1.165, 1.54) is 16.9 Å². The number of para-hydroxylation sites is 1. The predicted octanol–water partition coefficient (Wildman–Crippen LogP) is 5.85. The highest BCUT2D eigenvalue weighted by molar-refractivity contribution is 7.73. The molecule has 0 saturated heterocycles. The van der Waals surface area contributed by atoms with Crippen molar-refractivity contribution < 1.29 is 5.11 Å². The summed E-state index contributed by atoms with van der Waals surface area (Å²) in [7, 11) is 0. The molecule has 0 spiro atoms. The van der Waals surface area contributed by atoms with Crippen LogP contribution in [-0.4, -0.2) is 15.9 Å². The SMILES string of the molecule is Cc1ccc(-n2c(O)c(/C=C3\C=Nc4ccccc43)sc2=S)c(C)c1. The van der Waals surface area contributed by atoms with Gasteiger partial charge in [-0.3, -0.25) is 9.56 Å². The van der Waals surface area contributed by atoms with Crippen molar-refractivity contribution in [2.45, 2.75) is 13.8 Å². The van der Waals surface area contributed by atoms with Gasteiger partial charge in [-0.2, -0.15) is 0 Å². The molecule has 5 heteroatoms. The van der Waals surface area contributed by atoms with Crippen LogP contribution in [0.5, 0.6) is 5.88 Å². The maximum Gasteiger partial charge on any atom is 0.215 e. The van der Waals surface area contributed by atoms with E-state index in [0.717, 1.165) is 33.0 Å². The lowest BCUT2D eigenvalue weighted by Crippen LogP contribution is -1.96. The molecule has 0 atom stereocenters. The van der Waals surface area contributed by atoms with Crippen molar-refractivity contribution in [1.82, 2.24) is 4.57 Å². The molecule has 0 fully saturated rings. The number of hydrogen-bond donors (Lipinski definition) is 1. The zero-order valence-electron chi connectivity index (χ0n) is 13.9. The maximum atomic E-state index is 10.8. The number of rotatable bonds is 2. The lowest BCUT2D eigenvalue weighted by Gasteiger charge is -2.09. The maximum absolute atomic E-state index is 10.8. The highest BCUT2D eigenvalue weighted by atomic mass is 32.1. The molecule has 3 nitrogen and oxygen atoms in total. The van der Waals surface area contributed by atoms with Crippen LogP contribution in [0.1, 0.15) is 21.6 Å². The summed E-state index contributed by atoms with van der Waals surface area (Å²) in [6.07, 6.45) is 3.78. The minimum absolute atomic E-state index is 0.173. The van der Waals surface area contributed by atoms with Crippen LogP contribution >= 0.6 is 23.6 Å². The number of benzene rings is 2. The molecule has 0 radical (unpaired) electrons. The van der Waals surface area contributed by atoms with Gasteiger partial charge in [0.05, 0.1) is 16.3 Å². The van der Waals surface area contributed by atoms with Crippen LogP contribution in [0.4, 0.5) is 5.69 Å². The molecule has 2 heterocycles. The number of allylic oxidation sites excluding steroid dienone is 1. The number of fused-ring (bicyclic) bond motifs is 1. The molecular formula is C20H16N2OS2. The second-order valence-electron chi connectivity index (χ2n) is 6.06. The molecule has 4 rings (SSSR count). The first-order valence-electron chi connectivity index (χ1n) is 7.92. The number of nitrogens with zero attached hydrogens (tertiary/aromatic N) is 2. The number of thiazole rings is 1. The van der Waals surface area contributed by atoms with Crippen molar-refractivity contribution in [1.29, 1.82) is 0 Å². The standard InChI is InChI=1S/C20H16N2OS2/c1-12-7-8-17(13(2)9-12)22-19(23)18(25-20(22)24)10-14-11-21-16-6-4-3-5-15(14)16/h3-11,23H,1-2H3/b14-10+. The minimum atomic E-state index is 0.173. The van der Waals surface area contributed by atoms with Crippen molar-refractivity contribution in [3.8, 4) is 11.6 Å². The summed E-state index contributed by atoms with van der Waals surface area (Å²) in [5, 5.41) is 10.8. The molecular weight excluding hydrogens is 348 g/mol. The Kier molecular flexibility index (Phi) is 3.90. The molecule has 1 aliphatic heterocycles. The van der Waals surface area contributed by atoms with E-state index in [1.54, 1.807) is 4.57 Å². The molecule has 124 valence electrons. The average molecular weight is 364 g/mol. The summed E-state index contributed by atoms with van der Waals surface area (Å²) in [5.74, 6) is 0.173. The summed E-state index contributed by atoms with van der Waals surface area (Å²) in [6, 6.07) is 14.1. The molecule has 1 aromatic heterocycles. The van der Waals surface area contributed by atoms with E-state index in [0.29, 0.717) is 3.95 Å². The normalized spacial score (nSPS) is 14.2. The largest absolute Gasteiger partial charge is 0.493 e. The number of aliphatic imine (C=N–C) groups is 1. The lowest BCUT2D eigenvalue weighted by molar-refractivity contribution is 0.441. The van der Waals surface area contributed by atoms with Crippen molar-refractivity contribution in [3.05, 3.63) is 68.0 Å². The Morgan fingerprint density at radius 1 is 1.16 bits per heavy atom. The van der Waals surface area contributed by atoms with Gasteiger partial charge in [0.25, 0.3) is 0 Å². The van der Waals surface area contributed by atoms with Gasteiger partial charge in [-0.25, -0.2) is 0 Å². The molecule has 0 saturated carbocycles. The van der Waals surface area contributed by atoms with Crippen LogP contribution in [0.2, 0.25) is 0 Å². The van der Waals surface area contributed by atoms with Gasteiger partial charge in [-0.05, 0) is 49.8 Å². The van der Waals surface area contributed by atoms with Crippen molar-refractivity contribution >= 4 is 47.1 Å². The smallest absolute Gasteiger partial charge is 0.215 e. The molecule has 1 N–H and O–H groups in total. The van der Waals surface area contributed by atoms with Gasteiger partial charge in [0.1, 0.15) is 0 Å². The number of hydrogen-bond acceptors (Lipinski definition) is 4. The highest BCUT2D eigenvalue weighted by Crippen LogP contribution is 2.37.